The molecule has 0 bridgehead atoms. The molecule has 0 aromatic heterocycles. The van der Waals surface area contributed by atoms with Gasteiger partial charge in [-0.1, -0.05) is 53.4 Å². The third kappa shape index (κ3) is 13.1. The van der Waals surface area contributed by atoms with Crippen LogP contribution in [0.3, 0.4) is 0 Å². The molecule has 0 aliphatic rings. The van der Waals surface area contributed by atoms with Crippen LogP contribution in [0, 0.1) is 0 Å². The van der Waals surface area contributed by atoms with E-state index < -0.39 is 7.60 Å². The molecular weight excluding hydrogens is 309 g/mol. The van der Waals surface area contributed by atoms with Crippen LogP contribution in [0.15, 0.2) is 0 Å². The minimum absolute atomic E-state index is 0.522. The number of nitrogens with zero attached hydrogens (tertiary/aromatic N) is 1. The van der Waals surface area contributed by atoms with Crippen LogP contribution in [-0.4, -0.2) is 43.9 Å². The summed E-state index contributed by atoms with van der Waals surface area (Å²) in [6, 6.07) is 0. The molecular formula is C18H40NO3P. The van der Waals surface area contributed by atoms with Gasteiger partial charge in [0.2, 0.25) is 0 Å². The highest BCUT2D eigenvalue weighted by Gasteiger charge is 2.25. The normalized spacial score (nSPS) is 12.2. The van der Waals surface area contributed by atoms with Gasteiger partial charge in [0, 0.05) is 6.54 Å². The zero-order valence-corrected chi connectivity index (χ0v) is 16.9. The molecule has 0 rings (SSSR count). The van der Waals surface area contributed by atoms with Crippen LogP contribution in [0.4, 0.5) is 0 Å². The summed E-state index contributed by atoms with van der Waals surface area (Å²) in [5.74, 6) is 0. The van der Waals surface area contributed by atoms with Gasteiger partial charge in [0.15, 0.2) is 0 Å². The van der Waals surface area contributed by atoms with E-state index in [1.54, 1.807) is 0 Å². The Hall–Kier alpha value is 0.110. The van der Waals surface area contributed by atoms with Crippen molar-refractivity contribution in [2.75, 3.05) is 39.0 Å². The maximum Gasteiger partial charge on any atom is 0.331 e. The first-order valence-corrected chi connectivity index (χ1v) is 11.4. The number of rotatable bonds is 17. The van der Waals surface area contributed by atoms with Crippen molar-refractivity contribution < 1.29 is 13.6 Å². The van der Waals surface area contributed by atoms with Gasteiger partial charge in [0.25, 0.3) is 0 Å². The van der Waals surface area contributed by atoms with Gasteiger partial charge < -0.3 is 13.9 Å². The van der Waals surface area contributed by atoms with Gasteiger partial charge in [-0.05, 0) is 38.8 Å². The van der Waals surface area contributed by atoms with E-state index in [0.717, 1.165) is 45.3 Å². The minimum atomic E-state index is -2.94. The largest absolute Gasteiger partial charge is 0.331 e. The van der Waals surface area contributed by atoms with Crippen molar-refractivity contribution in [2.24, 2.45) is 0 Å². The van der Waals surface area contributed by atoms with E-state index >= 15 is 0 Å². The van der Waals surface area contributed by atoms with Crippen LogP contribution in [-0.2, 0) is 13.6 Å². The van der Waals surface area contributed by atoms with Gasteiger partial charge in [-0.15, -0.1) is 0 Å². The maximum absolute atomic E-state index is 12.9. The van der Waals surface area contributed by atoms with Crippen LogP contribution in [0.2, 0.25) is 0 Å². The summed E-state index contributed by atoms with van der Waals surface area (Å²) in [7, 11) is -2.94. The standard InChI is InChI=1S/C18H40NO3P/c1-5-9-13-19(14-10-6-2)15-18-23(20,21-16-11-7-3)22-17-12-8-4/h5-18H2,1-4H3. The molecule has 0 radical (unpaired) electrons. The fraction of sp³-hybridized carbons (Fsp3) is 1.00. The highest BCUT2D eigenvalue weighted by atomic mass is 31.2. The van der Waals surface area contributed by atoms with E-state index in [9.17, 15) is 4.57 Å². The molecule has 0 aliphatic heterocycles. The molecule has 0 atom stereocenters. The van der Waals surface area contributed by atoms with Crippen molar-refractivity contribution in [3.05, 3.63) is 0 Å². The van der Waals surface area contributed by atoms with Crippen molar-refractivity contribution in [3.8, 4) is 0 Å². The summed E-state index contributed by atoms with van der Waals surface area (Å²) in [5.41, 5.74) is 0. The first-order chi connectivity index (χ1) is 11.1. The average Bonchev–Trinajstić information content (AvgIpc) is 2.55. The van der Waals surface area contributed by atoms with Crippen LogP contribution >= 0.6 is 7.60 Å². The second-order valence-corrected chi connectivity index (χ2v) is 8.44. The van der Waals surface area contributed by atoms with Gasteiger partial charge in [0.05, 0.1) is 19.4 Å². The molecule has 23 heavy (non-hydrogen) atoms. The Bertz CT molecular complexity index is 278. The number of unbranched alkanes of at least 4 members (excludes halogenated alkanes) is 4. The van der Waals surface area contributed by atoms with Crippen molar-refractivity contribution in [1.82, 2.24) is 4.90 Å². The third-order valence-corrected chi connectivity index (χ3v) is 5.82. The van der Waals surface area contributed by atoms with Crippen LogP contribution in [0.1, 0.15) is 79.1 Å². The topological polar surface area (TPSA) is 38.8 Å². The molecule has 0 fully saturated rings. The van der Waals surface area contributed by atoms with Gasteiger partial charge in [0.1, 0.15) is 0 Å². The third-order valence-electron chi connectivity index (χ3n) is 3.92. The summed E-state index contributed by atoms with van der Waals surface area (Å²) in [6.07, 6.45) is 9.28. The highest BCUT2D eigenvalue weighted by molar-refractivity contribution is 7.53. The Balaban J connectivity index is 4.45. The first kappa shape index (κ1) is 23.1. The van der Waals surface area contributed by atoms with Gasteiger partial charge >= 0.3 is 7.60 Å². The smallest absolute Gasteiger partial charge is 0.309 e. The Kier molecular flexibility index (Phi) is 15.7. The average molecular weight is 349 g/mol. The van der Waals surface area contributed by atoms with E-state index in [0.29, 0.717) is 19.4 Å². The predicted octanol–water partition coefficient (Wildman–Crippen LogP) is 5.72. The molecule has 0 spiro atoms. The molecule has 0 heterocycles. The zero-order valence-electron chi connectivity index (χ0n) is 16.0. The Labute approximate surface area is 144 Å². The van der Waals surface area contributed by atoms with Gasteiger partial charge in [-0.3, -0.25) is 4.57 Å². The molecule has 0 aromatic carbocycles. The molecule has 0 unspecified atom stereocenters. The summed E-state index contributed by atoms with van der Waals surface area (Å²) in [4.78, 5) is 2.42. The lowest BCUT2D eigenvalue weighted by Gasteiger charge is -2.25. The van der Waals surface area contributed by atoms with Crippen LogP contribution < -0.4 is 0 Å². The molecule has 0 N–H and O–H groups in total. The summed E-state index contributed by atoms with van der Waals surface area (Å²) < 4.78 is 24.3. The molecule has 140 valence electrons. The van der Waals surface area contributed by atoms with E-state index in [1.165, 1.54) is 25.7 Å². The monoisotopic (exact) mass is 349 g/mol. The van der Waals surface area contributed by atoms with E-state index in [1.807, 2.05) is 0 Å². The van der Waals surface area contributed by atoms with Crippen LogP contribution in [0.5, 0.6) is 0 Å². The van der Waals surface area contributed by atoms with E-state index in [4.69, 9.17) is 9.05 Å². The molecule has 4 nitrogen and oxygen atoms in total. The molecule has 0 aromatic rings. The fourth-order valence-electron chi connectivity index (χ4n) is 2.23. The van der Waals surface area contributed by atoms with E-state index in [2.05, 4.69) is 32.6 Å². The SMILES string of the molecule is CCCCOP(=O)(CCN(CCCC)CCCC)OCCCC. The van der Waals surface area contributed by atoms with Gasteiger partial charge in [-0.25, -0.2) is 0 Å². The number of hydrogen-bond donors (Lipinski definition) is 0. The fourth-order valence-corrected chi connectivity index (χ4v) is 3.90. The molecule has 0 amide bonds. The van der Waals surface area contributed by atoms with Crippen molar-refractivity contribution >= 4 is 7.60 Å². The summed E-state index contributed by atoms with van der Waals surface area (Å²) >= 11 is 0. The van der Waals surface area contributed by atoms with Crippen molar-refractivity contribution in [3.63, 3.8) is 0 Å². The van der Waals surface area contributed by atoms with Crippen molar-refractivity contribution in [2.45, 2.75) is 79.1 Å². The second kappa shape index (κ2) is 15.6. The van der Waals surface area contributed by atoms with Crippen LogP contribution in [0.25, 0.3) is 0 Å². The summed E-state index contributed by atoms with van der Waals surface area (Å²) in [5, 5.41) is 0. The number of hydrogen-bond acceptors (Lipinski definition) is 4. The lowest BCUT2D eigenvalue weighted by atomic mass is 10.2. The van der Waals surface area contributed by atoms with Gasteiger partial charge in [-0.2, -0.15) is 0 Å². The Morgan fingerprint density at radius 1 is 0.696 bits per heavy atom. The lowest BCUT2D eigenvalue weighted by Crippen LogP contribution is -2.29. The second-order valence-electron chi connectivity index (χ2n) is 6.26. The van der Waals surface area contributed by atoms with Crippen molar-refractivity contribution in [1.29, 1.82) is 0 Å². The highest BCUT2D eigenvalue weighted by Crippen LogP contribution is 2.48. The zero-order chi connectivity index (χ0) is 17.4. The summed E-state index contributed by atoms with van der Waals surface area (Å²) in [6.45, 7) is 12.7. The predicted molar refractivity (Wildman–Crippen MR) is 100 cm³/mol. The maximum atomic E-state index is 12.9. The quantitative estimate of drug-likeness (QED) is 0.249. The Morgan fingerprint density at radius 2 is 1.13 bits per heavy atom. The molecule has 0 saturated heterocycles. The Morgan fingerprint density at radius 3 is 1.52 bits per heavy atom. The molecule has 0 aliphatic carbocycles. The first-order valence-electron chi connectivity index (χ1n) is 9.72. The van der Waals surface area contributed by atoms with E-state index in [-0.39, 0.29) is 0 Å². The molecule has 5 heteroatoms. The minimum Gasteiger partial charge on any atom is -0.309 e. The lowest BCUT2D eigenvalue weighted by molar-refractivity contribution is 0.193. The molecule has 0 saturated carbocycles.